The first kappa shape index (κ1) is 23.3. The molecule has 0 saturated carbocycles. The molecule has 0 spiro atoms. The number of halogens is 1. The zero-order valence-electron chi connectivity index (χ0n) is 17.2. The normalized spacial score (nSPS) is 19.5. The third-order valence-electron chi connectivity index (χ3n) is 5.49. The molecule has 7 nitrogen and oxygen atoms in total. The summed E-state index contributed by atoms with van der Waals surface area (Å²) >= 11 is 1.66. The zero-order chi connectivity index (χ0) is 19.2. The molecular formula is C19H33IN6OS. The van der Waals surface area contributed by atoms with Crippen molar-refractivity contribution in [3.8, 4) is 0 Å². The molecule has 0 bridgehead atoms. The van der Waals surface area contributed by atoms with Gasteiger partial charge in [-0.1, -0.05) is 0 Å². The molecule has 158 valence electrons. The summed E-state index contributed by atoms with van der Waals surface area (Å²) in [4.78, 5) is 29.6. The molecular weight excluding hydrogens is 487 g/mol. The lowest BCUT2D eigenvalue weighted by atomic mass is 10.2. The van der Waals surface area contributed by atoms with Crippen LogP contribution in [0.5, 0.6) is 0 Å². The van der Waals surface area contributed by atoms with Crippen LogP contribution in [0.2, 0.25) is 0 Å². The molecule has 2 fully saturated rings. The van der Waals surface area contributed by atoms with Gasteiger partial charge < -0.3 is 15.1 Å². The fraction of sp³-hybridized carbons (Fsp3) is 0.737. The first-order chi connectivity index (χ1) is 13.1. The van der Waals surface area contributed by atoms with Crippen molar-refractivity contribution in [2.24, 2.45) is 4.99 Å². The van der Waals surface area contributed by atoms with Gasteiger partial charge in [0.05, 0.1) is 23.8 Å². The van der Waals surface area contributed by atoms with Crippen LogP contribution in [0.4, 0.5) is 0 Å². The molecule has 3 heterocycles. The van der Waals surface area contributed by atoms with Crippen LogP contribution in [0, 0.1) is 6.92 Å². The summed E-state index contributed by atoms with van der Waals surface area (Å²) in [5.41, 5.74) is 2.95. The smallest absolute Gasteiger partial charge is 0.239 e. The van der Waals surface area contributed by atoms with E-state index in [2.05, 4.69) is 33.9 Å². The number of thiazole rings is 1. The molecule has 2 aliphatic heterocycles. The molecule has 1 aromatic rings. The average Bonchev–Trinajstić information content (AvgIpc) is 3.36. The summed E-state index contributed by atoms with van der Waals surface area (Å²) in [6, 6.07) is -0.0235. The minimum atomic E-state index is -0.0235. The third-order valence-corrected chi connectivity index (χ3v) is 6.41. The van der Waals surface area contributed by atoms with Gasteiger partial charge in [0, 0.05) is 50.7 Å². The van der Waals surface area contributed by atoms with Crippen LogP contribution in [0.3, 0.4) is 0 Å². The summed E-state index contributed by atoms with van der Waals surface area (Å²) in [5.74, 6) is 1.26. The molecule has 3 rings (SSSR count). The largest absolute Gasteiger partial charge is 0.357 e. The zero-order valence-corrected chi connectivity index (χ0v) is 20.3. The summed E-state index contributed by atoms with van der Waals surface area (Å²) in [6.45, 7) is 13.1. The number of nitrogens with zero attached hydrogens (tertiary/aromatic N) is 5. The minimum absolute atomic E-state index is 0. The molecule has 1 unspecified atom stereocenters. The maximum Gasteiger partial charge on any atom is 0.239 e. The molecule has 0 aromatic carbocycles. The SMILES string of the molecule is CCNC(=NCc1scnc1C)N1CCN(C(C)C(=O)N2CCCC2)CC1.I. The van der Waals surface area contributed by atoms with Crippen molar-refractivity contribution in [3.63, 3.8) is 0 Å². The van der Waals surface area contributed by atoms with E-state index in [0.29, 0.717) is 12.5 Å². The van der Waals surface area contributed by atoms with Crippen molar-refractivity contribution in [2.75, 3.05) is 45.8 Å². The van der Waals surface area contributed by atoms with E-state index >= 15 is 0 Å². The summed E-state index contributed by atoms with van der Waals surface area (Å²) in [6.07, 6.45) is 2.29. The third kappa shape index (κ3) is 5.79. The highest BCUT2D eigenvalue weighted by Gasteiger charge is 2.30. The van der Waals surface area contributed by atoms with Gasteiger partial charge in [0.2, 0.25) is 5.91 Å². The van der Waals surface area contributed by atoms with Crippen LogP contribution in [0.15, 0.2) is 10.5 Å². The maximum atomic E-state index is 12.7. The first-order valence-electron chi connectivity index (χ1n) is 10.0. The number of aryl methyl sites for hydroxylation is 1. The predicted octanol–water partition coefficient (Wildman–Crippen LogP) is 2.16. The lowest BCUT2D eigenvalue weighted by molar-refractivity contribution is -0.135. The monoisotopic (exact) mass is 520 g/mol. The summed E-state index contributed by atoms with van der Waals surface area (Å²) in [7, 11) is 0. The number of piperazine rings is 1. The minimum Gasteiger partial charge on any atom is -0.357 e. The second-order valence-electron chi connectivity index (χ2n) is 7.26. The highest BCUT2D eigenvalue weighted by molar-refractivity contribution is 14.0. The van der Waals surface area contributed by atoms with Gasteiger partial charge in [0.15, 0.2) is 5.96 Å². The maximum absolute atomic E-state index is 12.7. The van der Waals surface area contributed by atoms with Crippen molar-refractivity contribution < 1.29 is 4.79 Å². The first-order valence-corrected chi connectivity index (χ1v) is 10.9. The number of aliphatic imine (C=N–C) groups is 1. The number of nitrogens with one attached hydrogen (secondary N) is 1. The number of guanidine groups is 1. The van der Waals surface area contributed by atoms with Gasteiger partial charge in [0.25, 0.3) is 0 Å². The number of rotatable bonds is 5. The number of likely N-dealkylation sites (tertiary alicyclic amines) is 1. The number of carbonyl (C=O) groups excluding carboxylic acids is 1. The van der Waals surface area contributed by atoms with Crippen LogP contribution in [0.1, 0.15) is 37.3 Å². The molecule has 0 radical (unpaired) electrons. The number of amides is 1. The van der Waals surface area contributed by atoms with Gasteiger partial charge >= 0.3 is 0 Å². The van der Waals surface area contributed by atoms with E-state index in [1.54, 1.807) is 11.3 Å². The average molecular weight is 520 g/mol. The second-order valence-corrected chi connectivity index (χ2v) is 8.20. The number of hydrogen-bond donors (Lipinski definition) is 1. The highest BCUT2D eigenvalue weighted by atomic mass is 127. The Hall–Kier alpha value is -0.940. The topological polar surface area (TPSA) is 64.1 Å². The molecule has 1 N–H and O–H groups in total. The quantitative estimate of drug-likeness (QED) is 0.367. The standard InChI is InChI=1S/C19H32N6OS.HI/c1-4-20-19(21-13-17-15(2)22-14-27-17)25-11-9-23(10-12-25)16(3)18(26)24-7-5-6-8-24;/h14,16H,4-13H2,1-3H3,(H,20,21);1H. The molecule has 1 amide bonds. The Labute approximate surface area is 189 Å². The Morgan fingerprint density at radius 3 is 2.46 bits per heavy atom. The fourth-order valence-corrected chi connectivity index (χ4v) is 4.43. The van der Waals surface area contributed by atoms with Crippen molar-refractivity contribution in [3.05, 3.63) is 16.1 Å². The lowest BCUT2D eigenvalue weighted by Crippen LogP contribution is -2.57. The van der Waals surface area contributed by atoms with Gasteiger partial charge in [-0.3, -0.25) is 9.69 Å². The van der Waals surface area contributed by atoms with Gasteiger partial charge in [-0.25, -0.2) is 9.98 Å². The number of hydrogen-bond acceptors (Lipinski definition) is 5. The Kier molecular flexibility index (Phi) is 9.42. The van der Waals surface area contributed by atoms with Crippen molar-refractivity contribution in [1.82, 2.24) is 25.0 Å². The van der Waals surface area contributed by atoms with E-state index in [1.165, 1.54) is 4.88 Å². The molecule has 9 heteroatoms. The Morgan fingerprint density at radius 2 is 1.89 bits per heavy atom. The van der Waals surface area contributed by atoms with Crippen molar-refractivity contribution >= 4 is 47.2 Å². The van der Waals surface area contributed by atoms with Gasteiger partial charge in [0.1, 0.15) is 0 Å². The molecule has 1 aromatic heterocycles. The molecule has 0 aliphatic carbocycles. The fourth-order valence-electron chi connectivity index (χ4n) is 3.73. The number of carbonyl (C=O) groups is 1. The van der Waals surface area contributed by atoms with Crippen LogP contribution in [0.25, 0.3) is 0 Å². The van der Waals surface area contributed by atoms with Crippen molar-refractivity contribution in [2.45, 2.75) is 46.2 Å². The second kappa shape index (κ2) is 11.3. The Morgan fingerprint density at radius 1 is 1.21 bits per heavy atom. The summed E-state index contributed by atoms with van der Waals surface area (Å²) < 4.78 is 0. The van der Waals surface area contributed by atoms with Crippen molar-refractivity contribution in [1.29, 1.82) is 0 Å². The van der Waals surface area contributed by atoms with E-state index in [0.717, 1.165) is 70.3 Å². The molecule has 28 heavy (non-hydrogen) atoms. The summed E-state index contributed by atoms with van der Waals surface area (Å²) in [5, 5.41) is 3.41. The van der Waals surface area contributed by atoms with Crippen LogP contribution < -0.4 is 5.32 Å². The van der Waals surface area contributed by atoms with E-state index in [9.17, 15) is 4.79 Å². The van der Waals surface area contributed by atoms with Crippen LogP contribution >= 0.6 is 35.3 Å². The van der Waals surface area contributed by atoms with Gasteiger partial charge in [-0.05, 0) is 33.6 Å². The van der Waals surface area contributed by atoms with Crippen LogP contribution in [-0.4, -0.2) is 83.4 Å². The van der Waals surface area contributed by atoms with Crippen LogP contribution in [-0.2, 0) is 11.3 Å². The Bertz CT molecular complexity index is 653. The Balaban J connectivity index is 0.00000280. The number of aromatic nitrogens is 1. The predicted molar refractivity (Wildman–Crippen MR) is 126 cm³/mol. The van der Waals surface area contributed by atoms with Gasteiger partial charge in [-0.2, -0.15) is 0 Å². The van der Waals surface area contributed by atoms with Gasteiger partial charge in [-0.15, -0.1) is 35.3 Å². The molecule has 2 aliphatic rings. The molecule has 1 atom stereocenters. The van der Waals surface area contributed by atoms with E-state index < -0.39 is 0 Å². The van der Waals surface area contributed by atoms with E-state index in [4.69, 9.17) is 4.99 Å². The highest BCUT2D eigenvalue weighted by Crippen LogP contribution is 2.15. The lowest BCUT2D eigenvalue weighted by Gasteiger charge is -2.39. The van der Waals surface area contributed by atoms with E-state index in [1.807, 2.05) is 17.3 Å². The van der Waals surface area contributed by atoms with E-state index in [-0.39, 0.29) is 30.0 Å². The molecule has 2 saturated heterocycles.